The smallest absolute Gasteiger partial charge is 0.240 e. The Bertz CT molecular complexity index is 642. The van der Waals surface area contributed by atoms with E-state index in [1.807, 2.05) is 0 Å². The van der Waals surface area contributed by atoms with E-state index in [9.17, 15) is 12.6 Å². The maximum Gasteiger partial charge on any atom is 0.240 e. The van der Waals surface area contributed by atoms with E-state index in [1.54, 1.807) is 25.3 Å². The van der Waals surface area contributed by atoms with Gasteiger partial charge < -0.3 is 5.11 Å². The molecule has 21 heavy (non-hydrogen) atoms. The largest absolute Gasteiger partial charge is 0.395 e. The molecular weight excluding hydrogens is 310 g/mol. The first-order valence-corrected chi connectivity index (χ1v) is 9.49. The minimum atomic E-state index is -3.60. The molecule has 2 unspecified atom stereocenters. The molecule has 0 saturated heterocycles. The van der Waals surface area contributed by atoms with Gasteiger partial charge in [0, 0.05) is 40.8 Å². The number of aliphatic hydroxyl groups excluding tert-OH is 1. The quantitative estimate of drug-likeness (QED) is 0.743. The molecule has 0 amide bonds. The van der Waals surface area contributed by atoms with Gasteiger partial charge in [-0.05, 0) is 31.2 Å². The van der Waals surface area contributed by atoms with Crippen molar-refractivity contribution in [3.63, 3.8) is 0 Å². The molecule has 0 heterocycles. The summed E-state index contributed by atoms with van der Waals surface area (Å²) in [6.45, 7) is 1.85. The lowest BCUT2D eigenvalue weighted by atomic mass is 10.2. The van der Waals surface area contributed by atoms with Crippen molar-refractivity contribution in [1.29, 1.82) is 0 Å². The normalized spacial score (nSPS) is 14.0. The van der Waals surface area contributed by atoms with Crippen molar-refractivity contribution in [2.75, 3.05) is 19.4 Å². The molecule has 1 aromatic rings. The first-order chi connectivity index (χ1) is 9.86. The van der Waals surface area contributed by atoms with E-state index < -0.39 is 20.8 Å². The second-order valence-corrected chi connectivity index (χ2v) is 8.03. The van der Waals surface area contributed by atoms with Gasteiger partial charge in [0.2, 0.25) is 10.0 Å². The summed E-state index contributed by atoms with van der Waals surface area (Å²) in [6.07, 6.45) is 1.92. The summed E-state index contributed by atoms with van der Waals surface area (Å²) in [5, 5.41) is 8.38. The second-order valence-electron chi connectivity index (χ2n) is 4.46. The molecule has 1 aromatic carbocycles. The summed E-state index contributed by atoms with van der Waals surface area (Å²) >= 11 is 0. The number of rotatable bonds is 6. The van der Waals surface area contributed by atoms with Gasteiger partial charge in [-0.1, -0.05) is 11.8 Å². The number of hydrogen-bond acceptors (Lipinski definition) is 4. The Hall–Kier alpha value is -1.20. The highest BCUT2D eigenvalue weighted by Gasteiger charge is 2.16. The zero-order valence-electron chi connectivity index (χ0n) is 12.0. The van der Waals surface area contributed by atoms with Crippen LogP contribution in [0.3, 0.4) is 0 Å². The fourth-order valence-corrected chi connectivity index (χ4v) is 2.92. The van der Waals surface area contributed by atoms with Gasteiger partial charge >= 0.3 is 0 Å². The molecule has 2 N–H and O–H groups in total. The topological polar surface area (TPSA) is 83.5 Å². The van der Waals surface area contributed by atoms with Crippen LogP contribution in [-0.4, -0.2) is 42.4 Å². The van der Waals surface area contributed by atoms with Crippen molar-refractivity contribution < 1.29 is 17.7 Å². The number of sulfonamides is 1. The van der Waals surface area contributed by atoms with Crippen LogP contribution < -0.4 is 4.72 Å². The van der Waals surface area contributed by atoms with Crippen LogP contribution in [0.2, 0.25) is 0 Å². The molecule has 0 bridgehead atoms. The molecule has 0 aromatic heterocycles. The Morgan fingerprint density at radius 1 is 1.33 bits per heavy atom. The Morgan fingerprint density at radius 3 is 2.48 bits per heavy atom. The van der Waals surface area contributed by atoms with E-state index in [-0.39, 0.29) is 23.3 Å². The van der Waals surface area contributed by atoms with Crippen LogP contribution in [-0.2, 0) is 20.8 Å². The fourth-order valence-electron chi connectivity index (χ4n) is 1.37. The van der Waals surface area contributed by atoms with Gasteiger partial charge in [0.05, 0.1) is 11.5 Å². The summed E-state index contributed by atoms with van der Waals surface area (Å²) < 4.78 is 37.8. The third-order valence-corrected chi connectivity index (χ3v) is 5.50. The molecule has 7 heteroatoms. The summed E-state index contributed by atoms with van der Waals surface area (Å²) in [5.74, 6) is 5.59. The van der Waals surface area contributed by atoms with Crippen molar-refractivity contribution in [2.24, 2.45) is 0 Å². The first-order valence-electron chi connectivity index (χ1n) is 6.38. The lowest BCUT2D eigenvalue weighted by Crippen LogP contribution is -2.32. The third-order valence-electron chi connectivity index (χ3n) is 2.76. The van der Waals surface area contributed by atoms with E-state index >= 15 is 0 Å². The molecule has 1 rings (SSSR count). The molecule has 0 radical (unpaired) electrons. The van der Waals surface area contributed by atoms with Gasteiger partial charge in [0.15, 0.2) is 0 Å². The van der Waals surface area contributed by atoms with Crippen molar-refractivity contribution in [3.05, 3.63) is 29.8 Å². The number of hydrogen-bond donors (Lipinski definition) is 2. The van der Waals surface area contributed by atoms with Crippen molar-refractivity contribution >= 4 is 20.8 Å². The molecule has 116 valence electrons. The number of benzene rings is 1. The standard InChI is InChI=1S/C14H19NO4S2/c1-12(20(2)17)11-15-21(18,19)14-8-6-13(7-9-14)5-3-4-10-16/h6-9,12,15-16H,4,10-11H2,1-2H3. The molecule has 0 fully saturated rings. The fraction of sp³-hybridized carbons (Fsp3) is 0.429. The summed E-state index contributed by atoms with van der Waals surface area (Å²) in [4.78, 5) is 0.143. The van der Waals surface area contributed by atoms with Crippen LogP contribution in [0.4, 0.5) is 0 Å². The highest BCUT2D eigenvalue weighted by Crippen LogP contribution is 2.10. The molecular formula is C14H19NO4S2. The monoisotopic (exact) mass is 329 g/mol. The predicted octanol–water partition coefficient (Wildman–Crippen LogP) is 0.466. The van der Waals surface area contributed by atoms with Crippen LogP contribution in [0.25, 0.3) is 0 Å². The minimum absolute atomic E-state index is 0.000364. The van der Waals surface area contributed by atoms with Crippen molar-refractivity contribution in [3.8, 4) is 11.8 Å². The van der Waals surface area contributed by atoms with Crippen LogP contribution in [0.5, 0.6) is 0 Å². The average molecular weight is 329 g/mol. The molecule has 2 atom stereocenters. The van der Waals surface area contributed by atoms with Gasteiger partial charge in [-0.3, -0.25) is 4.21 Å². The zero-order valence-corrected chi connectivity index (χ0v) is 13.6. The first kappa shape index (κ1) is 17.9. The predicted molar refractivity (Wildman–Crippen MR) is 83.7 cm³/mol. The Balaban J connectivity index is 2.76. The van der Waals surface area contributed by atoms with Gasteiger partial charge in [0.1, 0.15) is 0 Å². The van der Waals surface area contributed by atoms with E-state index in [0.717, 1.165) is 0 Å². The van der Waals surface area contributed by atoms with Crippen LogP contribution >= 0.6 is 0 Å². The molecule has 5 nitrogen and oxygen atoms in total. The van der Waals surface area contributed by atoms with Gasteiger partial charge in [0.25, 0.3) is 0 Å². The van der Waals surface area contributed by atoms with Gasteiger partial charge in [-0.15, -0.1) is 0 Å². The van der Waals surface area contributed by atoms with Gasteiger partial charge in [-0.25, -0.2) is 13.1 Å². The SMILES string of the molecule is CC(CNS(=O)(=O)c1ccc(C#CCCO)cc1)S(C)=O. The minimum Gasteiger partial charge on any atom is -0.395 e. The van der Waals surface area contributed by atoms with E-state index in [0.29, 0.717) is 12.0 Å². The molecule has 0 spiro atoms. The molecule has 0 aliphatic carbocycles. The van der Waals surface area contributed by atoms with E-state index in [1.165, 1.54) is 12.1 Å². The summed E-state index contributed by atoms with van der Waals surface area (Å²) in [6, 6.07) is 6.17. The second kappa shape index (κ2) is 8.29. The lowest BCUT2D eigenvalue weighted by molar-refractivity contribution is 0.305. The maximum absolute atomic E-state index is 12.1. The molecule has 0 aliphatic heterocycles. The zero-order chi connectivity index (χ0) is 15.9. The Labute approximate surface area is 128 Å². The highest BCUT2D eigenvalue weighted by atomic mass is 32.2. The van der Waals surface area contributed by atoms with Crippen LogP contribution in [0, 0.1) is 11.8 Å². The van der Waals surface area contributed by atoms with Crippen LogP contribution in [0.1, 0.15) is 18.9 Å². The summed E-state index contributed by atoms with van der Waals surface area (Å²) in [5.41, 5.74) is 0.686. The Morgan fingerprint density at radius 2 is 1.95 bits per heavy atom. The average Bonchev–Trinajstić information content (AvgIpc) is 2.45. The van der Waals surface area contributed by atoms with E-state index in [4.69, 9.17) is 5.11 Å². The molecule has 0 saturated carbocycles. The van der Waals surface area contributed by atoms with Crippen molar-refractivity contribution in [1.82, 2.24) is 4.72 Å². The molecule has 0 aliphatic rings. The van der Waals surface area contributed by atoms with Gasteiger partial charge in [-0.2, -0.15) is 0 Å². The number of nitrogens with one attached hydrogen (secondary N) is 1. The number of aliphatic hydroxyl groups is 1. The van der Waals surface area contributed by atoms with Crippen LogP contribution in [0.15, 0.2) is 29.2 Å². The third kappa shape index (κ3) is 5.98. The van der Waals surface area contributed by atoms with E-state index in [2.05, 4.69) is 16.6 Å². The summed E-state index contributed by atoms with van der Waals surface area (Å²) in [7, 11) is -4.68. The lowest BCUT2D eigenvalue weighted by Gasteiger charge is -2.10. The maximum atomic E-state index is 12.1. The Kier molecular flexibility index (Phi) is 7.05. The highest BCUT2D eigenvalue weighted by molar-refractivity contribution is 7.89. The van der Waals surface area contributed by atoms with Crippen molar-refractivity contribution in [2.45, 2.75) is 23.5 Å².